The van der Waals surface area contributed by atoms with Gasteiger partial charge in [0.05, 0.1) is 5.56 Å². The number of ether oxygens (including phenoxy) is 1. The molecule has 0 unspecified atom stereocenters. The number of carbonyl (C=O) groups excluding carboxylic acids is 1. The lowest BCUT2D eigenvalue weighted by molar-refractivity contribution is 0.0174. The highest BCUT2D eigenvalue weighted by atomic mass is 16.5. The van der Waals surface area contributed by atoms with Gasteiger partial charge in [0.25, 0.3) is 0 Å². The fraction of sp³-hybridized carbons (Fsp3) is 0.696. The van der Waals surface area contributed by atoms with Crippen LogP contribution in [0.2, 0.25) is 0 Å². The molecule has 0 bridgehead atoms. The predicted octanol–water partition coefficient (Wildman–Crippen LogP) is 6.74. The zero-order valence-electron chi connectivity index (χ0n) is 16.6. The molecule has 0 aliphatic heterocycles. The van der Waals surface area contributed by atoms with Crippen LogP contribution in [-0.4, -0.2) is 12.1 Å². The first-order chi connectivity index (χ1) is 12.1. The Morgan fingerprint density at radius 2 is 1.28 bits per heavy atom. The Kier molecular flexibility index (Phi) is 7.99. The topological polar surface area (TPSA) is 26.3 Å². The van der Waals surface area contributed by atoms with Crippen molar-refractivity contribution in [1.82, 2.24) is 0 Å². The fourth-order valence-electron chi connectivity index (χ4n) is 4.05. The molecule has 2 aliphatic carbocycles. The highest BCUT2D eigenvalue weighted by molar-refractivity contribution is 5.89. The molecule has 1 aromatic carbocycles. The SMILES string of the molecule is CC.CC1CCC(OC(=O)c2ccc(C3CCC(C)CC3)cc2)CC1. The Morgan fingerprint density at radius 1 is 0.800 bits per heavy atom. The summed E-state index contributed by atoms with van der Waals surface area (Å²) in [5, 5.41) is 0. The molecule has 0 N–H and O–H groups in total. The van der Waals surface area contributed by atoms with Gasteiger partial charge in [-0.1, -0.05) is 52.7 Å². The van der Waals surface area contributed by atoms with Gasteiger partial charge in [0.2, 0.25) is 0 Å². The van der Waals surface area contributed by atoms with Crippen molar-refractivity contribution in [2.45, 2.75) is 91.1 Å². The van der Waals surface area contributed by atoms with Gasteiger partial charge in [-0.3, -0.25) is 0 Å². The maximum absolute atomic E-state index is 12.3. The smallest absolute Gasteiger partial charge is 0.338 e. The van der Waals surface area contributed by atoms with E-state index in [2.05, 4.69) is 26.0 Å². The molecule has 0 amide bonds. The van der Waals surface area contributed by atoms with Crippen LogP contribution in [0.1, 0.15) is 101 Å². The number of carbonyl (C=O) groups is 1. The Morgan fingerprint density at radius 3 is 1.80 bits per heavy atom. The summed E-state index contributed by atoms with van der Waals surface area (Å²) in [7, 11) is 0. The van der Waals surface area contributed by atoms with Crippen LogP contribution in [0.15, 0.2) is 24.3 Å². The van der Waals surface area contributed by atoms with E-state index in [1.54, 1.807) is 0 Å². The molecular weight excluding hydrogens is 308 g/mol. The van der Waals surface area contributed by atoms with Gasteiger partial charge in [0.15, 0.2) is 0 Å². The molecule has 2 fully saturated rings. The summed E-state index contributed by atoms with van der Waals surface area (Å²) >= 11 is 0. The zero-order valence-corrected chi connectivity index (χ0v) is 16.6. The molecule has 2 nitrogen and oxygen atoms in total. The largest absolute Gasteiger partial charge is 0.459 e. The third-order valence-electron chi connectivity index (χ3n) is 5.87. The molecule has 2 aliphatic rings. The van der Waals surface area contributed by atoms with Gasteiger partial charge in [-0.05, 0) is 74.0 Å². The van der Waals surface area contributed by atoms with E-state index in [0.29, 0.717) is 11.5 Å². The van der Waals surface area contributed by atoms with E-state index in [9.17, 15) is 4.79 Å². The Bertz CT molecular complexity index is 503. The van der Waals surface area contributed by atoms with Crippen molar-refractivity contribution < 1.29 is 9.53 Å². The lowest BCUT2D eigenvalue weighted by Gasteiger charge is -2.27. The number of hydrogen-bond donors (Lipinski definition) is 0. The summed E-state index contributed by atoms with van der Waals surface area (Å²) in [6.07, 6.45) is 9.74. The van der Waals surface area contributed by atoms with Crippen LogP contribution < -0.4 is 0 Å². The third-order valence-corrected chi connectivity index (χ3v) is 5.87. The van der Waals surface area contributed by atoms with Crippen LogP contribution >= 0.6 is 0 Å². The van der Waals surface area contributed by atoms with E-state index < -0.39 is 0 Å². The monoisotopic (exact) mass is 344 g/mol. The summed E-state index contributed by atoms with van der Waals surface area (Å²) < 4.78 is 5.69. The lowest BCUT2D eigenvalue weighted by Crippen LogP contribution is -2.23. The highest BCUT2D eigenvalue weighted by Gasteiger charge is 2.23. The van der Waals surface area contributed by atoms with Crippen molar-refractivity contribution in [3.63, 3.8) is 0 Å². The minimum absolute atomic E-state index is 0.123. The second-order valence-corrected chi connectivity index (χ2v) is 7.87. The van der Waals surface area contributed by atoms with Gasteiger partial charge < -0.3 is 4.74 Å². The summed E-state index contributed by atoms with van der Waals surface area (Å²) in [5.74, 6) is 2.19. The minimum Gasteiger partial charge on any atom is -0.459 e. The maximum Gasteiger partial charge on any atom is 0.338 e. The molecular formula is C23H36O2. The first-order valence-electron chi connectivity index (χ1n) is 10.4. The van der Waals surface area contributed by atoms with Crippen LogP contribution in [-0.2, 0) is 4.74 Å². The Labute approximate surface area is 154 Å². The summed E-state index contributed by atoms with van der Waals surface area (Å²) in [6.45, 7) is 8.63. The normalized spacial score (nSPS) is 29.3. The Hall–Kier alpha value is -1.31. The predicted molar refractivity (Wildman–Crippen MR) is 105 cm³/mol. The first-order valence-corrected chi connectivity index (χ1v) is 10.4. The van der Waals surface area contributed by atoms with Gasteiger partial charge in [-0.2, -0.15) is 0 Å². The molecule has 0 spiro atoms. The van der Waals surface area contributed by atoms with E-state index in [-0.39, 0.29) is 12.1 Å². The first kappa shape index (κ1) is 20.0. The molecule has 0 aromatic heterocycles. The van der Waals surface area contributed by atoms with Crippen molar-refractivity contribution >= 4 is 5.97 Å². The average Bonchev–Trinajstić information content (AvgIpc) is 2.66. The summed E-state index contributed by atoms with van der Waals surface area (Å²) in [4.78, 5) is 12.3. The van der Waals surface area contributed by atoms with Crippen molar-refractivity contribution in [3.05, 3.63) is 35.4 Å². The average molecular weight is 345 g/mol. The van der Waals surface area contributed by atoms with Crippen LogP contribution in [0.5, 0.6) is 0 Å². The van der Waals surface area contributed by atoms with Gasteiger partial charge in [-0.15, -0.1) is 0 Å². The van der Waals surface area contributed by atoms with Gasteiger partial charge in [-0.25, -0.2) is 4.79 Å². The van der Waals surface area contributed by atoms with Crippen molar-refractivity contribution in [2.24, 2.45) is 11.8 Å². The maximum atomic E-state index is 12.3. The quantitative estimate of drug-likeness (QED) is 0.567. The molecule has 0 radical (unpaired) electrons. The standard InChI is InChI=1S/C21H30O2.C2H6/c1-15-3-7-17(8-4-15)18-9-11-19(12-10-18)21(22)23-20-13-5-16(2)6-14-20;1-2/h9-12,15-17,20H,3-8,13-14H2,1-2H3;1-2H3. The molecule has 0 saturated heterocycles. The van der Waals surface area contributed by atoms with Crippen LogP contribution in [0, 0.1) is 11.8 Å². The minimum atomic E-state index is -0.145. The number of benzene rings is 1. The van der Waals surface area contributed by atoms with E-state index in [4.69, 9.17) is 4.74 Å². The number of hydrogen-bond acceptors (Lipinski definition) is 2. The van der Waals surface area contributed by atoms with Gasteiger partial charge in [0, 0.05) is 0 Å². The van der Waals surface area contributed by atoms with Gasteiger partial charge in [0.1, 0.15) is 6.10 Å². The second kappa shape index (κ2) is 9.99. The molecule has 2 saturated carbocycles. The molecule has 0 heterocycles. The molecule has 2 heteroatoms. The zero-order chi connectivity index (χ0) is 18.2. The van der Waals surface area contributed by atoms with E-state index >= 15 is 0 Å². The Balaban J connectivity index is 0.00000109. The number of esters is 1. The molecule has 1 aromatic rings. The van der Waals surface area contributed by atoms with Crippen LogP contribution in [0.3, 0.4) is 0 Å². The third kappa shape index (κ3) is 5.87. The molecule has 25 heavy (non-hydrogen) atoms. The van der Waals surface area contributed by atoms with Crippen molar-refractivity contribution in [3.8, 4) is 0 Å². The lowest BCUT2D eigenvalue weighted by atomic mass is 9.79. The second-order valence-electron chi connectivity index (χ2n) is 7.87. The molecule has 140 valence electrons. The summed E-state index contributed by atoms with van der Waals surface area (Å²) in [6, 6.07) is 8.20. The van der Waals surface area contributed by atoms with E-state index in [0.717, 1.165) is 24.7 Å². The fourth-order valence-corrected chi connectivity index (χ4v) is 4.05. The van der Waals surface area contributed by atoms with Crippen LogP contribution in [0.4, 0.5) is 0 Å². The molecule has 3 rings (SSSR count). The van der Waals surface area contributed by atoms with Crippen LogP contribution in [0.25, 0.3) is 0 Å². The van der Waals surface area contributed by atoms with Gasteiger partial charge >= 0.3 is 5.97 Å². The molecule has 0 atom stereocenters. The summed E-state index contributed by atoms with van der Waals surface area (Å²) in [5.41, 5.74) is 2.09. The number of rotatable bonds is 3. The van der Waals surface area contributed by atoms with E-state index in [1.807, 2.05) is 26.0 Å². The van der Waals surface area contributed by atoms with Crippen molar-refractivity contribution in [2.75, 3.05) is 0 Å². The van der Waals surface area contributed by atoms with Crippen molar-refractivity contribution in [1.29, 1.82) is 0 Å². The van der Waals surface area contributed by atoms with E-state index in [1.165, 1.54) is 44.1 Å². The highest BCUT2D eigenvalue weighted by Crippen LogP contribution is 2.35.